The van der Waals surface area contributed by atoms with E-state index in [9.17, 15) is 18.0 Å². The monoisotopic (exact) mass is 388 g/mol. The molecule has 0 saturated heterocycles. The molecule has 3 rings (SSSR count). The molecule has 1 amide bonds. The fourth-order valence-corrected chi connectivity index (χ4v) is 2.66. The van der Waals surface area contributed by atoms with E-state index in [1.54, 1.807) is 10.9 Å². The number of amides is 1. The van der Waals surface area contributed by atoms with Crippen molar-refractivity contribution < 1.29 is 18.0 Å². The van der Waals surface area contributed by atoms with Crippen molar-refractivity contribution in [1.29, 1.82) is 0 Å². The summed E-state index contributed by atoms with van der Waals surface area (Å²) in [5.41, 5.74) is 1.72. The molecule has 1 aromatic heterocycles. The van der Waals surface area contributed by atoms with Crippen LogP contribution in [-0.4, -0.2) is 20.9 Å². The average Bonchev–Trinajstić information content (AvgIpc) is 3.12. The smallest absolute Gasteiger partial charge is 0.350 e. The lowest BCUT2D eigenvalue weighted by molar-refractivity contribution is -0.137. The quantitative estimate of drug-likeness (QED) is 0.673. The molecule has 0 saturated carbocycles. The van der Waals surface area contributed by atoms with E-state index in [0.29, 0.717) is 24.2 Å². The van der Waals surface area contributed by atoms with Gasteiger partial charge in [-0.25, -0.2) is 4.68 Å². The minimum absolute atomic E-state index is 0.184. The molecule has 2 aromatic carbocycles. The molecule has 0 aliphatic rings. The second-order valence-electron chi connectivity index (χ2n) is 6.36. The molecular formula is C20H19F3N4O. The molecule has 0 radical (unpaired) electrons. The van der Waals surface area contributed by atoms with Gasteiger partial charge in [0, 0.05) is 6.42 Å². The molecule has 5 nitrogen and oxygen atoms in total. The minimum atomic E-state index is -4.35. The molecule has 28 heavy (non-hydrogen) atoms. The number of benzene rings is 2. The van der Waals surface area contributed by atoms with E-state index < -0.39 is 11.7 Å². The zero-order chi connectivity index (χ0) is 20.0. The Kier molecular flexibility index (Phi) is 6.08. The summed E-state index contributed by atoms with van der Waals surface area (Å²) in [5.74, 6) is -0.197. The molecule has 0 aliphatic carbocycles. The Morgan fingerprint density at radius 2 is 1.71 bits per heavy atom. The number of rotatable bonds is 7. The van der Waals surface area contributed by atoms with Crippen molar-refractivity contribution in [2.45, 2.75) is 32.1 Å². The van der Waals surface area contributed by atoms with Gasteiger partial charge in [-0.15, -0.1) is 5.10 Å². The maximum atomic E-state index is 12.5. The highest BCUT2D eigenvalue weighted by Crippen LogP contribution is 2.29. The van der Waals surface area contributed by atoms with Crippen LogP contribution in [0.3, 0.4) is 0 Å². The highest BCUT2D eigenvalue weighted by molar-refractivity contribution is 5.76. The van der Waals surface area contributed by atoms with E-state index in [0.717, 1.165) is 17.7 Å². The zero-order valence-electron chi connectivity index (χ0n) is 15.0. The molecule has 0 atom stereocenters. The fourth-order valence-electron chi connectivity index (χ4n) is 2.66. The number of hydrogen-bond donors (Lipinski definition) is 1. The summed E-state index contributed by atoms with van der Waals surface area (Å²) < 4.78 is 39.3. The summed E-state index contributed by atoms with van der Waals surface area (Å²) in [6.07, 6.45) is -2.04. The summed E-state index contributed by atoms with van der Waals surface area (Å²) >= 11 is 0. The first-order valence-corrected chi connectivity index (χ1v) is 8.76. The third-order valence-corrected chi connectivity index (χ3v) is 4.16. The van der Waals surface area contributed by atoms with Gasteiger partial charge in [0.25, 0.3) is 0 Å². The van der Waals surface area contributed by atoms with Gasteiger partial charge < -0.3 is 5.32 Å². The Morgan fingerprint density at radius 1 is 1.00 bits per heavy atom. The molecule has 0 bridgehead atoms. The number of nitrogens with zero attached hydrogens (tertiary/aromatic N) is 3. The molecule has 1 heterocycles. The lowest BCUT2D eigenvalue weighted by atomic mass is 10.1. The van der Waals surface area contributed by atoms with Crippen LogP contribution in [0.5, 0.6) is 0 Å². The molecule has 0 spiro atoms. The Bertz CT molecular complexity index is 905. The van der Waals surface area contributed by atoms with Gasteiger partial charge in [0.1, 0.15) is 5.69 Å². The molecule has 0 aliphatic heterocycles. The second-order valence-corrected chi connectivity index (χ2v) is 6.36. The van der Waals surface area contributed by atoms with E-state index in [2.05, 4.69) is 15.6 Å². The van der Waals surface area contributed by atoms with Crippen LogP contribution in [0.2, 0.25) is 0 Å². The van der Waals surface area contributed by atoms with E-state index in [-0.39, 0.29) is 18.9 Å². The van der Waals surface area contributed by atoms with Crippen LogP contribution in [0.25, 0.3) is 0 Å². The third kappa shape index (κ3) is 5.67. The standard InChI is InChI=1S/C20H19F3N4O/c21-20(22,23)17-9-6-15(7-10-17)8-11-19(28)24-12-18-14-27(26-25-18)13-16-4-2-1-3-5-16/h1-7,9-10,14H,8,11-13H2,(H,24,28). The van der Waals surface area contributed by atoms with Gasteiger partial charge in [-0.3, -0.25) is 4.79 Å². The van der Waals surface area contributed by atoms with Crippen LogP contribution in [0.15, 0.2) is 60.8 Å². The van der Waals surface area contributed by atoms with Crippen molar-refractivity contribution in [3.05, 3.63) is 83.2 Å². The fraction of sp³-hybridized carbons (Fsp3) is 0.250. The van der Waals surface area contributed by atoms with E-state index in [1.165, 1.54) is 12.1 Å². The third-order valence-electron chi connectivity index (χ3n) is 4.16. The number of carbonyl (C=O) groups excluding carboxylic acids is 1. The van der Waals surface area contributed by atoms with Gasteiger partial charge in [0.15, 0.2) is 0 Å². The topological polar surface area (TPSA) is 59.8 Å². The van der Waals surface area contributed by atoms with Crippen LogP contribution in [0, 0.1) is 0 Å². The van der Waals surface area contributed by atoms with Crippen molar-refractivity contribution in [2.75, 3.05) is 0 Å². The number of hydrogen-bond acceptors (Lipinski definition) is 3. The first kappa shape index (κ1) is 19.6. The summed E-state index contributed by atoms with van der Waals surface area (Å²) in [6.45, 7) is 0.844. The van der Waals surface area contributed by atoms with Crippen LogP contribution in [-0.2, 0) is 30.5 Å². The Balaban J connectivity index is 1.43. The van der Waals surface area contributed by atoms with Gasteiger partial charge in [-0.05, 0) is 29.7 Å². The highest BCUT2D eigenvalue weighted by atomic mass is 19.4. The van der Waals surface area contributed by atoms with Crippen LogP contribution < -0.4 is 5.32 Å². The van der Waals surface area contributed by atoms with Crippen LogP contribution in [0.1, 0.15) is 28.8 Å². The Hall–Kier alpha value is -3.16. The van der Waals surface area contributed by atoms with Gasteiger partial charge in [-0.2, -0.15) is 13.2 Å². The summed E-state index contributed by atoms with van der Waals surface area (Å²) in [6, 6.07) is 14.7. The highest BCUT2D eigenvalue weighted by Gasteiger charge is 2.29. The van der Waals surface area contributed by atoms with E-state index >= 15 is 0 Å². The predicted molar refractivity (Wildman–Crippen MR) is 97.2 cm³/mol. The first-order valence-electron chi connectivity index (χ1n) is 8.76. The van der Waals surface area contributed by atoms with Crippen molar-refractivity contribution in [3.63, 3.8) is 0 Å². The summed E-state index contributed by atoms with van der Waals surface area (Å²) in [4.78, 5) is 12.0. The van der Waals surface area contributed by atoms with Crippen LogP contribution in [0.4, 0.5) is 13.2 Å². The van der Waals surface area contributed by atoms with Gasteiger partial charge in [-0.1, -0.05) is 47.7 Å². The number of aryl methyl sites for hydroxylation is 1. The first-order chi connectivity index (χ1) is 13.4. The lowest BCUT2D eigenvalue weighted by Crippen LogP contribution is -2.23. The molecule has 3 aromatic rings. The lowest BCUT2D eigenvalue weighted by Gasteiger charge is -2.07. The van der Waals surface area contributed by atoms with E-state index in [4.69, 9.17) is 0 Å². The SMILES string of the molecule is O=C(CCc1ccc(C(F)(F)F)cc1)NCc1cn(Cc2ccccc2)nn1. The van der Waals surface area contributed by atoms with Crippen molar-refractivity contribution in [2.24, 2.45) is 0 Å². The number of alkyl halides is 3. The van der Waals surface area contributed by atoms with Gasteiger partial charge in [0.05, 0.1) is 24.8 Å². The maximum Gasteiger partial charge on any atom is 0.416 e. The molecule has 8 heteroatoms. The average molecular weight is 388 g/mol. The molecule has 1 N–H and O–H groups in total. The second kappa shape index (κ2) is 8.69. The minimum Gasteiger partial charge on any atom is -0.350 e. The van der Waals surface area contributed by atoms with Crippen LogP contribution >= 0.6 is 0 Å². The molecule has 146 valence electrons. The number of halogens is 3. The van der Waals surface area contributed by atoms with Crippen molar-refractivity contribution >= 4 is 5.91 Å². The summed E-state index contributed by atoms with van der Waals surface area (Å²) in [7, 11) is 0. The Morgan fingerprint density at radius 3 is 2.39 bits per heavy atom. The van der Waals surface area contributed by atoms with Crippen molar-refractivity contribution in [3.8, 4) is 0 Å². The number of carbonyl (C=O) groups is 1. The number of aromatic nitrogens is 3. The summed E-state index contributed by atoms with van der Waals surface area (Å²) in [5, 5.41) is 10.8. The van der Waals surface area contributed by atoms with E-state index in [1.807, 2.05) is 30.3 Å². The van der Waals surface area contributed by atoms with Gasteiger partial charge >= 0.3 is 6.18 Å². The normalized spacial score (nSPS) is 11.4. The Labute approximate surface area is 160 Å². The zero-order valence-corrected chi connectivity index (χ0v) is 15.0. The largest absolute Gasteiger partial charge is 0.416 e. The number of nitrogens with one attached hydrogen (secondary N) is 1. The maximum absolute atomic E-state index is 12.5. The van der Waals surface area contributed by atoms with Gasteiger partial charge in [0.2, 0.25) is 5.91 Å². The molecule has 0 unspecified atom stereocenters. The van der Waals surface area contributed by atoms with Crippen molar-refractivity contribution in [1.82, 2.24) is 20.3 Å². The molecular weight excluding hydrogens is 369 g/mol. The molecule has 0 fully saturated rings. The predicted octanol–water partition coefficient (Wildman–Crippen LogP) is 3.59.